The highest BCUT2D eigenvalue weighted by molar-refractivity contribution is 7.90. The van der Waals surface area contributed by atoms with Crippen molar-refractivity contribution < 1.29 is 8.42 Å². The number of sulfone groups is 1. The van der Waals surface area contributed by atoms with Crippen molar-refractivity contribution in [3.05, 3.63) is 11.9 Å². The molecule has 2 saturated heterocycles. The molecule has 1 aromatic heterocycles. The Morgan fingerprint density at radius 3 is 2.65 bits per heavy atom. The van der Waals surface area contributed by atoms with Crippen LogP contribution in [0.25, 0.3) is 0 Å². The van der Waals surface area contributed by atoms with E-state index in [1.54, 1.807) is 6.20 Å². The van der Waals surface area contributed by atoms with Gasteiger partial charge in [0.15, 0.2) is 0 Å². The lowest BCUT2D eigenvalue weighted by Crippen LogP contribution is -2.49. The van der Waals surface area contributed by atoms with Gasteiger partial charge in [-0.3, -0.25) is 9.80 Å². The Balaban J connectivity index is 1.52. The third-order valence-corrected chi connectivity index (χ3v) is 7.44. The Morgan fingerprint density at radius 2 is 1.88 bits per heavy atom. The standard InChI is InChI=1S/C19H32N4O2S/c1-26(24,25)19-20-12-18(23(19)13-16-6-3-2-4-7-16)15-21-10-11-22-9-5-8-17(22)14-21/h12,16-17H,2-11,13-15H2,1H3/t17-/m1/s1. The number of aromatic nitrogens is 2. The molecule has 6 nitrogen and oxygen atoms in total. The second-order valence-corrected chi connectivity index (χ2v) is 10.4. The topological polar surface area (TPSA) is 58.4 Å². The highest BCUT2D eigenvalue weighted by Gasteiger charge is 2.31. The van der Waals surface area contributed by atoms with Gasteiger partial charge in [-0.25, -0.2) is 13.4 Å². The van der Waals surface area contributed by atoms with Crippen molar-refractivity contribution in [2.24, 2.45) is 5.92 Å². The van der Waals surface area contributed by atoms with Gasteiger partial charge >= 0.3 is 0 Å². The van der Waals surface area contributed by atoms with Crippen molar-refractivity contribution in [1.29, 1.82) is 0 Å². The van der Waals surface area contributed by atoms with Gasteiger partial charge in [0.05, 0.1) is 11.9 Å². The van der Waals surface area contributed by atoms with Crippen LogP contribution in [-0.4, -0.2) is 66.2 Å². The quantitative estimate of drug-likeness (QED) is 0.783. The molecular weight excluding hydrogens is 348 g/mol. The number of fused-ring (bicyclic) bond motifs is 1. The molecule has 146 valence electrons. The average Bonchev–Trinajstić information content (AvgIpc) is 3.22. The van der Waals surface area contributed by atoms with Gasteiger partial charge in [0.1, 0.15) is 0 Å². The molecule has 1 aliphatic carbocycles. The summed E-state index contributed by atoms with van der Waals surface area (Å²) in [6.07, 6.45) is 12.0. The lowest BCUT2D eigenvalue weighted by Gasteiger charge is -2.37. The van der Waals surface area contributed by atoms with Gasteiger partial charge in [0.25, 0.3) is 0 Å². The van der Waals surface area contributed by atoms with Crippen LogP contribution < -0.4 is 0 Å². The van der Waals surface area contributed by atoms with Crippen LogP contribution in [0.1, 0.15) is 50.6 Å². The lowest BCUT2D eigenvalue weighted by atomic mass is 9.89. The summed E-state index contributed by atoms with van der Waals surface area (Å²) in [7, 11) is -3.29. The molecule has 1 atom stereocenters. The summed E-state index contributed by atoms with van der Waals surface area (Å²) < 4.78 is 26.5. The molecule has 4 rings (SSSR count). The average molecular weight is 381 g/mol. The SMILES string of the molecule is CS(=O)(=O)c1ncc(CN2CCN3CCC[C@@H]3C2)n1CC1CCCCC1. The van der Waals surface area contributed by atoms with E-state index >= 15 is 0 Å². The maximum atomic E-state index is 12.2. The van der Waals surface area contributed by atoms with Gasteiger partial charge in [-0.05, 0) is 38.1 Å². The second-order valence-electron chi connectivity index (χ2n) is 8.49. The summed E-state index contributed by atoms with van der Waals surface area (Å²) in [6, 6.07) is 0.688. The van der Waals surface area contributed by atoms with Crippen LogP contribution in [0.3, 0.4) is 0 Å². The smallest absolute Gasteiger partial charge is 0.227 e. The fourth-order valence-corrected chi connectivity index (χ4v) is 5.90. The fourth-order valence-electron chi connectivity index (χ4n) is 5.07. The number of hydrogen-bond acceptors (Lipinski definition) is 5. The van der Waals surface area contributed by atoms with Gasteiger partial charge < -0.3 is 4.57 Å². The minimum Gasteiger partial charge on any atom is -0.317 e. The molecule has 3 heterocycles. The van der Waals surface area contributed by atoms with Crippen LogP contribution in [0.4, 0.5) is 0 Å². The van der Waals surface area contributed by atoms with E-state index in [2.05, 4.69) is 14.8 Å². The fraction of sp³-hybridized carbons (Fsp3) is 0.842. The highest BCUT2D eigenvalue weighted by Crippen LogP contribution is 2.28. The van der Waals surface area contributed by atoms with Crippen molar-refractivity contribution in [2.75, 3.05) is 32.4 Å². The third-order valence-electron chi connectivity index (χ3n) is 6.46. The number of piperazine rings is 1. The van der Waals surface area contributed by atoms with Gasteiger partial charge in [0, 0.05) is 45.0 Å². The number of rotatable bonds is 5. The maximum Gasteiger partial charge on any atom is 0.227 e. The molecule has 26 heavy (non-hydrogen) atoms. The van der Waals surface area contributed by atoms with Crippen molar-refractivity contribution in [3.63, 3.8) is 0 Å². The van der Waals surface area contributed by atoms with E-state index < -0.39 is 9.84 Å². The van der Waals surface area contributed by atoms with Crippen molar-refractivity contribution in [1.82, 2.24) is 19.4 Å². The zero-order valence-electron chi connectivity index (χ0n) is 15.9. The van der Waals surface area contributed by atoms with Crippen LogP contribution in [0.5, 0.6) is 0 Å². The monoisotopic (exact) mass is 380 g/mol. The molecule has 3 aliphatic rings. The van der Waals surface area contributed by atoms with Gasteiger partial charge in [0.2, 0.25) is 15.0 Å². The molecule has 7 heteroatoms. The zero-order chi connectivity index (χ0) is 18.1. The summed E-state index contributed by atoms with van der Waals surface area (Å²) in [5, 5.41) is 0.262. The molecule has 3 fully saturated rings. The third kappa shape index (κ3) is 3.99. The largest absolute Gasteiger partial charge is 0.317 e. The Bertz CT molecular complexity index is 724. The first-order chi connectivity index (χ1) is 12.5. The van der Waals surface area contributed by atoms with Gasteiger partial charge in [-0.1, -0.05) is 19.3 Å². The van der Waals surface area contributed by atoms with E-state index in [1.807, 2.05) is 4.57 Å². The second kappa shape index (κ2) is 7.60. The number of imidazole rings is 1. The molecule has 0 spiro atoms. The Morgan fingerprint density at radius 1 is 1.08 bits per heavy atom. The van der Waals surface area contributed by atoms with E-state index in [4.69, 9.17) is 0 Å². The Labute approximate surface area is 157 Å². The minimum absolute atomic E-state index is 0.262. The van der Waals surface area contributed by atoms with E-state index in [1.165, 1.54) is 57.7 Å². The summed E-state index contributed by atoms with van der Waals surface area (Å²) >= 11 is 0. The number of hydrogen-bond donors (Lipinski definition) is 0. The van der Waals surface area contributed by atoms with E-state index in [-0.39, 0.29) is 5.16 Å². The molecule has 1 saturated carbocycles. The predicted molar refractivity (Wildman–Crippen MR) is 102 cm³/mol. The summed E-state index contributed by atoms with van der Waals surface area (Å²) in [4.78, 5) is 9.42. The molecule has 0 aromatic carbocycles. The number of nitrogens with zero attached hydrogens (tertiary/aromatic N) is 4. The molecular formula is C19H32N4O2S. The molecule has 0 bridgehead atoms. The molecule has 1 aromatic rings. The first kappa shape index (κ1) is 18.4. The molecule has 0 N–H and O–H groups in total. The van der Waals surface area contributed by atoms with Crippen LogP contribution in [-0.2, 0) is 22.9 Å². The van der Waals surface area contributed by atoms with Crippen molar-refractivity contribution >= 4 is 9.84 Å². The molecule has 2 aliphatic heterocycles. The lowest BCUT2D eigenvalue weighted by molar-refractivity contribution is 0.0970. The maximum absolute atomic E-state index is 12.2. The van der Waals surface area contributed by atoms with Crippen LogP contribution in [0.2, 0.25) is 0 Å². The first-order valence-corrected chi connectivity index (χ1v) is 12.1. The van der Waals surface area contributed by atoms with Crippen molar-refractivity contribution in [3.8, 4) is 0 Å². The van der Waals surface area contributed by atoms with Crippen LogP contribution in [0.15, 0.2) is 11.4 Å². The van der Waals surface area contributed by atoms with Gasteiger partial charge in [-0.2, -0.15) is 0 Å². The molecule has 0 radical (unpaired) electrons. The molecule has 0 amide bonds. The predicted octanol–water partition coefficient (Wildman–Crippen LogP) is 2.15. The van der Waals surface area contributed by atoms with Crippen LogP contribution >= 0.6 is 0 Å². The van der Waals surface area contributed by atoms with E-state index in [0.29, 0.717) is 12.0 Å². The Kier molecular flexibility index (Phi) is 5.39. The summed E-state index contributed by atoms with van der Waals surface area (Å²) in [5.41, 5.74) is 1.07. The zero-order valence-corrected chi connectivity index (χ0v) is 16.8. The normalized spacial score (nSPS) is 26.3. The summed E-state index contributed by atoms with van der Waals surface area (Å²) in [5.74, 6) is 0.587. The van der Waals surface area contributed by atoms with Crippen LogP contribution in [0, 0.1) is 5.92 Å². The first-order valence-electron chi connectivity index (χ1n) is 10.2. The van der Waals surface area contributed by atoms with Gasteiger partial charge in [-0.15, -0.1) is 0 Å². The molecule has 0 unspecified atom stereocenters. The van der Waals surface area contributed by atoms with Crippen molar-refractivity contribution in [2.45, 2.75) is 69.2 Å². The highest BCUT2D eigenvalue weighted by atomic mass is 32.2. The Hall–Kier alpha value is -0.920. The van der Waals surface area contributed by atoms with E-state index in [9.17, 15) is 8.42 Å². The van der Waals surface area contributed by atoms with E-state index in [0.717, 1.165) is 38.4 Å². The summed E-state index contributed by atoms with van der Waals surface area (Å²) in [6.45, 7) is 6.18. The minimum atomic E-state index is -3.29.